The first-order valence-electron chi connectivity index (χ1n) is 14.5. The van der Waals surface area contributed by atoms with E-state index < -0.39 is 29.4 Å². The van der Waals surface area contributed by atoms with Crippen molar-refractivity contribution in [3.8, 4) is 0 Å². The van der Waals surface area contributed by atoms with Gasteiger partial charge in [0.15, 0.2) is 0 Å². The van der Waals surface area contributed by atoms with Gasteiger partial charge in [0.2, 0.25) is 0 Å². The van der Waals surface area contributed by atoms with Gasteiger partial charge >= 0.3 is 12.2 Å². The van der Waals surface area contributed by atoms with E-state index in [1.165, 1.54) is 4.57 Å². The molecule has 0 aliphatic carbocycles. The maximum atomic E-state index is 13.8. The predicted molar refractivity (Wildman–Crippen MR) is 164 cm³/mol. The third-order valence-corrected chi connectivity index (χ3v) is 7.46. The zero-order valence-corrected chi connectivity index (χ0v) is 26.4. The highest BCUT2D eigenvalue weighted by molar-refractivity contribution is 6.07. The fourth-order valence-corrected chi connectivity index (χ4v) is 5.68. The zero-order valence-electron chi connectivity index (χ0n) is 26.4. The maximum absolute atomic E-state index is 13.8. The van der Waals surface area contributed by atoms with Crippen molar-refractivity contribution in [3.05, 3.63) is 53.0 Å². The summed E-state index contributed by atoms with van der Waals surface area (Å²) in [5.41, 5.74) is 2.76. The minimum absolute atomic E-state index is 0.281. The van der Waals surface area contributed by atoms with Crippen LogP contribution in [0.1, 0.15) is 87.7 Å². The third-order valence-electron chi connectivity index (χ3n) is 7.46. The molecule has 1 aromatic carbocycles. The Bertz CT molecular complexity index is 1750. The number of anilines is 1. The number of ether oxygens (including phenoxy) is 2. The number of nitrogens with one attached hydrogen (secondary N) is 1. The summed E-state index contributed by atoms with van der Waals surface area (Å²) in [6, 6.07) is 6.70. The van der Waals surface area contributed by atoms with Crippen molar-refractivity contribution in [1.29, 1.82) is 0 Å². The molecule has 11 heteroatoms. The van der Waals surface area contributed by atoms with Crippen molar-refractivity contribution < 1.29 is 23.9 Å². The molecule has 0 radical (unpaired) electrons. The first-order chi connectivity index (χ1) is 20.0. The lowest BCUT2D eigenvalue weighted by molar-refractivity contribution is 0.0211. The topological polar surface area (TPSA) is 121 Å². The number of amides is 2. The van der Waals surface area contributed by atoms with Crippen LogP contribution in [-0.2, 0) is 16.5 Å². The van der Waals surface area contributed by atoms with Crippen LogP contribution in [0.5, 0.6) is 0 Å². The van der Waals surface area contributed by atoms with E-state index >= 15 is 0 Å². The van der Waals surface area contributed by atoms with Gasteiger partial charge in [-0.3, -0.25) is 14.4 Å². The summed E-state index contributed by atoms with van der Waals surface area (Å²) in [5, 5.41) is 9.01. The van der Waals surface area contributed by atoms with Gasteiger partial charge < -0.3 is 14.8 Å². The zero-order chi connectivity index (χ0) is 31.4. The van der Waals surface area contributed by atoms with Crippen molar-refractivity contribution in [2.45, 2.75) is 85.5 Å². The number of nitrogens with zero attached hydrogens (tertiary/aromatic N) is 5. The van der Waals surface area contributed by atoms with E-state index in [2.05, 4.69) is 15.4 Å². The average molecular weight is 589 g/mol. The Kier molecular flexibility index (Phi) is 7.48. The SMILES string of the molecule is Cc1nn(C)c2cc(C(=O)Nc3cc4c(cn3)c(C)c(C3CCCN3C(=O)OC(C)(C)C)n4C(=O)OC(C)(C)C)ccc12. The van der Waals surface area contributed by atoms with Crippen molar-refractivity contribution in [2.75, 3.05) is 11.9 Å². The Balaban J connectivity index is 1.56. The Morgan fingerprint density at radius 3 is 2.28 bits per heavy atom. The minimum Gasteiger partial charge on any atom is -0.444 e. The second-order valence-corrected chi connectivity index (χ2v) is 13.1. The van der Waals surface area contributed by atoms with Crippen LogP contribution < -0.4 is 5.32 Å². The predicted octanol–water partition coefficient (Wildman–Crippen LogP) is 6.65. The Hall–Kier alpha value is -4.41. The highest BCUT2D eigenvalue weighted by Crippen LogP contribution is 2.40. The van der Waals surface area contributed by atoms with E-state index in [0.717, 1.165) is 34.0 Å². The fourth-order valence-electron chi connectivity index (χ4n) is 5.68. The molecular formula is C32H40N6O5. The molecule has 5 rings (SSSR count). The Morgan fingerprint density at radius 2 is 1.60 bits per heavy atom. The van der Waals surface area contributed by atoms with E-state index in [1.54, 1.807) is 54.7 Å². The molecular weight excluding hydrogens is 548 g/mol. The van der Waals surface area contributed by atoms with Crippen LogP contribution in [-0.4, -0.2) is 60.1 Å². The summed E-state index contributed by atoms with van der Waals surface area (Å²) in [6.07, 6.45) is 2.07. The van der Waals surface area contributed by atoms with Crippen LogP contribution in [0.25, 0.3) is 21.8 Å². The number of carbonyl (C=O) groups excluding carboxylic acids is 3. The molecule has 43 heavy (non-hydrogen) atoms. The van der Waals surface area contributed by atoms with Crippen molar-refractivity contribution >= 4 is 45.7 Å². The molecule has 2 amide bonds. The van der Waals surface area contributed by atoms with Crippen LogP contribution in [0.4, 0.5) is 15.4 Å². The van der Waals surface area contributed by atoms with Gasteiger partial charge in [0.25, 0.3) is 5.91 Å². The van der Waals surface area contributed by atoms with Crippen LogP contribution in [0.15, 0.2) is 30.5 Å². The summed E-state index contributed by atoms with van der Waals surface area (Å²) >= 11 is 0. The van der Waals surface area contributed by atoms with Crippen LogP contribution >= 0.6 is 0 Å². The van der Waals surface area contributed by atoms with Gasteiger partial charge in [0, 0.05) is 42.2 Å². The van der Waals surface area contributed by atoms with Crippen LogP contribution in [0, 0.1) is 13.8 Å². The highest BCUT2D eigenvalue weighted by Gasteiger charge is 2.38. The molecule has 3 aromatic heterocycles. The smallest absolute Gasteiger partial charge is 0.419 e. The number of fused-ring (bicyclic) bond motifs is 2. The van der Waals surface area contributed by atoms with Gasteiger partial charge in [0.1, 0.15) is 17.0 Å². The summed E-state index contributed by atoms with van der Waals surface area (Å²) in [6.45, 7) is 15.3. The number of benzene rings is 1. The molecule has 1 aliphatic heterocycles. The van der Waals surface area contributed by atoms with Crippen LogP contribution in [0.2, 0.25) is 0 Å². The number of hydrogen-bond donors (Lipinski definition) is 1. The minimum atomic E-state index is -0.758. The van der Waals surface area contributed by atoms with Gasteiger partial charge in [-0.05, 0) is 85.9 Å². The van der Waals surface area contributed by atoms with E-state index in [0.29, 0.717) is 29.7 Å². The summed E-state index contributed by atoms with van der Waals surface area (Å²) in [5.74, 6) is -0.0603. The molecule has 1 fully saturated rings. The van der Waals surface area contributed by atoms with Crippen molar-refractivity contribution in [1.82, 2.24) is 24.2 Å². The molecule has 1 aliphatic rings. The lowest BCUT2D eigenvalue weighted by Crippen LogP contribution is -2.38. The quantitative estimate of drug-likeness (QED) is 0.285. The summed E-state index contributed by atoms with van der Waals surface area (Å²) < 4.78 is 14.8. The molecule has 11 nitrogen and oxygen atoms in total. The van der Waals surface area contributed by atoms with Gasteiger partial charge in [-0.2, -0.15) is 5.10 Å². The molecule has 4 heterocycles. The number of hydrogen-bond acceptors (Lipinski definition) is 7. The number of carbonyl (C=O) groups is 3. The standard InChI is InChI=1S/C32H40N6O5/c1-18-22-17-33-26(34-28(39)20-12-13-21-19(2)35-36(9)24(21)15-20)16-25(22)38(30(41)43-32(6,7)8)27(18)23-11-10-14-37(23)29(40)42-31(3,4)5/h12-13,15-17,23H,10-11,14H2,1-9H3,(H,33,34,39). The van der Waals surface area contributed by atoms with Gasteiger partial charge in [-0.25, -0.2) is 19.1 Å². The Labute approximate surface area is 251 Å². The second kappa shape index (κ2) is 10.7. The van der Waals surface area contributed by atoms with E-state index in [4.69, 9.17) is 9.47 Å². The first-order valence-corrected chi connectivity index (χ1v) is 14.5. The highest BCUT2D eigenvalue weighted by atomic mass is 16.6. The van der Waals surface area contributed by atoms with Crippen molar-refractivity contribution in [3.63, 3.8) is 0 Å². The number of rotatable bonds is 3. The molecule has 1 atom stereocenters. The molecule has 0 spiro atoms. The largest absolute Gasteiger partial charge is 0.444 e. The third kappa shape index (κ3) is 5.93. The summed E-state index contributed by atoms with van der Waals surface area (Å²) in [7, 11) is 1.84. The number of aromatic nitrogens is 4. The van der Waals surface area contributed by atoms with Crippen LogP contribution in [0.3, 0.4) is 0 Å². The average Bonchev–Trinajstić information content (AvgIpc) is 3.56. The van der Waals surface area contributed by atoms with Gasteiger partial charge in [-0.15, -0.1) is 0 Å². The molecule has 0 bridgehead atoms. The number of pyridine rings is 1. The summed E-state index contributed by atoms with van der Waals surface area (Å²) in [4.78, 5) is 46.5. The van der Waals surface area contributed by atoms with Crippen molar-refractivity contribution in [2.24, 2.45) is 7.05 Å². The van der Waals surface area contributed by atoms with E-state index in [1.807, 2.05) is 47.7 Å². The number of likely N-dealkylation sites (tertiary alicyclic amines) is 1. The second-order valence-electron chi connectivity index (χ2n) is 13.1. The van der Waals surface area contributed by atoms with Gasteiger partial charge in [0.05, 0.1) is 28.5 Å². The fraction of sp³-hybridized carbons (Fsp3) is 0.469. The Morgan fingerprint density at radius 1 is 0.930 bits per heavy atom. The monoisotopic (exact) mass is 588 g/mol. The maximum Gasteiger partial charge on any atom is 0.419 e. The lowest BCUT2D eigenvalue weighted by Gasteiger charge is -2.30. The lowest BCUT2D eigenvalue weighted by atomic mass is 10.1. The molecule has 1 unspecified atom stereocenters. The molecule has 228 valence electrons. The molecule has 1 saturated heterocycles. The van der Waals surface area contributed by atoms with Gasteiger partial charge in [-0.1, -0.05) is 6.07 Å². The normalized spacial score (nSPS) is 15.7. The molecule has 1 N–H and O–H groups in total. The van der Waals surface area contributed by atoms with E-state index in [-0.39, 0.29) is 11.7 Å². The number of aryl methyl sites for hydroxylation is 3. The first kappa shape index (κ1) is 30.1. The molecule has 4 aromatic rings. The molecule has 0 saturated carbocycles. The van der Waals surface area contributed by atoms with E-state index in [9.17, 15) is 14.4 Å².